The lowest BCUT2D eigenvalue weighted by Crippen LogP contribution is -2.39. The maximum absolute atomic E-state index is 13.7. The molecule has 3 N–H and O–H groups in total. The van der Waals surface area contributed by atoms with Crippen molar-refractivity contribution in [1.29, 1.82) is 0 Å². The second kappa shape index (κ2) is 5.77. The third kappa shape index (κ3) is 3.53. The van der Waals surface area contributed by atoms with Crippen LogP contribution in [0.15, 0.2) is 18.2 Å². The lowest BCUT2D eigenvalue weighted by Gasteiger charge is -2.21. The maximum atomic E-state index is 13.7. The van der Waals surface area contributed by atoms with Gasteiger partial charge in [0.1, 0.15) is 11.9 Å². The van der Waals surface area contributed by atoms with E-state index in [1.165, 1.54) is 6.07 Å². The van der Waals surface area contributed by atoms with Crippen LogP contribution in [0.5, 0.6) is 0 Å². The first-order chi connectivity index (χ1) is 7.95. The van der Waals surface area contributed by atoms with Crippen molar-refractivity contribution >= 4 is 5.91 Å². The van der Waals surface area contributed by atoms with E-state index in [1.54, 1.807) is 12.1 Å². The minimum atomic E-state index is -0.773. The van der Waals surface area contributed by atoms with Crippen molar-refractivity contribution in [2.45, 2.75) is 39.3 Å². The van der Waals surface area contributed by atoms with Crippen LogP contribution in [0.2, 0.25) is 0 Å². The molecule has 0 heterocycles. The van der Waals surface area contributed by atoms with Gasteiger partial charge in [-0.1, -0.05) is 24.6 Å². The average Bonchev–Trinajstić information content (AvgIpc) is 2.28. The van der Waals surface area contributed by atoms with Crippen LogP contribution in [0.4, 0.5) is 4.39 Å². The molecule has 1 amide bonds. The highest BCUT2D eigenvalue weighted by atomic mass is 19.1. The van der Waals surface area contributed by atoms with Crippen LogP contribution in [0.1, 0.15) is 37.4 Å². The Morgan fingerprint density at radius 3 is 2.71 bits per heavy atom. The molecule has 94 valence electrons. The molecule has 4 heteroatoms. The summed E-state index contributed by atoms with van der Waals surface area (Å²) in [4.78, 5) is 11.4. The fourth-order valence-corrected chi connectivity index (χ4v) is 1.61. The molecule has 0 saturated carbocycles. The highest BCUT2D eigenvalue weighted by Crippen LogP contribution is 2.19. The molecular weight excluding hydrogens is 219 g/mol. The number of aryl methyl sites for hydroxylation is 1. The van der Waals surface area contributed by atoms with E-state index in [2.05, 4.69) is 5.32 Å². The van der Waals surface area contributed by atoms with Gasteiger partial charge >= 0.3 is 0 Å². The third-order valence-corrected chi connectivity index (χ3v) is 2.81. The van der Waals surface area contributed by atoms with Crippen LogP contribution in [0.3, 0.4) is 0 Å². The molecule has 0 aromatic heterocycles. The normalized spacial score (nSPS) is 14.4. The third-order valence-electron chi connectivity index (χ3n) is 2.81. The Bertz CT molecular complexity index is 406. The number of halogens is 1. The van der Waals surface area contributed by atoms with Gasteiger partial charge in [-0.3, -0.25) is 10.1 Å². The maximum Gasteiger partial charge on any atom is 0.239 e. The van der Waals surface area contributed by atoms with E-state index in [0.29, 0.717) is 5.56 Å². The van der Waals surface area contributed by atoms with Crippen LogP contribution < -0.4 is 11.1 Å². The first-order valence-electron chi connectivity index (χ1n) is 5.77. The summed E-state index contributed by atoms with van der Waals surface area (Å²) in [6.07, 6.45) is 0.844. The molecule has 0 aliphatic rings. The van der Waals surface area contributed by atoms with Gasteiger partial charge in [-0.05, 0) is 26.3 Å². The number of nitrogens with two attached hydrogens (primary N) is 1. The summed E-state index contributed by atoms with van der Waals surface area (Å²) in [5, 5.41) is 3.04. The Kier molecular flexibility index (Phi) is 4.63. The first-order valence-corrected chi connectivity index (χ1v) is 5.77. The summed E-state index contributed by atoms with van der Waals surface area (Å²) < 4.78 is 13.7. The fourth-order valence-electron chi connectivity index (χ4n) is 1.61. The van der Waals surface area contributed by atoms with Crippen LogP contribution in [0.25, 0.3) is 0 Å². The predicted molar refractivity (Wildman–Crippen MR) is 66.0 cm³/mol. The number of amides is 1. The van der Waals surface area contributed by atoms with Gasteiger partial charge in [0, 0.05) is 11.6 Å². The first kappa shape index (κ1) is 13.6. The minimum Gasteiger partial charge on any atom is -0.368 e. The van der Waals surface area contributed by atoms with Crippen molar-refractivity contribution in [3.63, 3.8) is 0 Å². The number of hydrogen-bond acceptors (Lipinski definition) is 2. The summed E-state index contributed by atoms with van der Waals surface area (Å²) in [6.45, 7) is 5.77. The second-order valence-corrected chi connectivity index (χ2v) is 4.34. The van der Waals surface area contributed by atoms with Crippen LogP contribution in [-0.4, -0.2) is 11.9 Å². The molecule has 1 aromatic rings. The standard InChI is InChI=1S/C13H19FN2O/c1-4-9(3)16-12(13(15)17)10-7-8(2)5-6-11(10)14/h5-7,9,12,16H,4H2,1-3H3,(H2,15,17). The minimum absolute atomic E-state index is 0.104. The van der Waals surface area contributed by atoms with Gasteiger partial charge in [0.05, 0.1) is 0 Å². The Hall–Kier alpha value is -1.42. The van der Waals surface area contributed by atoms with Gasteiger partial charge in [0.25, 0.3) is 0 Å². The Labute approximate surface area is 101 Å². The Morgan fingerprint density at radius 2 is 2.18 bits per heavy atom. The molecular formula is C13H19FN2O. The van der Waals surface area contributed by atoms with Crippen molar-refractivity contribution < 1.29 is 9.18 Å². The molecule has 0 aliphatic carbocycles. The van der Waals surface area contributed by atoms with Crippen molar-refractivity contribution in [2.75, 3.05) is 0 Å². The van der Waals surface area contributed by atoms with Gasteiger partial charge in [0.2, 0.25) is 5.91 Å². The molecule has 2 unspecified atom stereocenters. The van der Waals surface area contributed by atoms with Gasteiger partial charge in [-0.2, -0.15) is 0 Å². The Balaban J connectivity index is 3.05. The molecule has 0 radical (unpaired) electrons. The summed E-state index contributed by atoms with van der Waals surface area (Å²) in [7, 11) is 0. The van der Waals surface area contributed by atoms with E-state index in [0.717, 1.165) is 12.0 Å². The number of primary amides is 1. The lowest BCUT2D eigenvalue weighted by molar-refractivity contribution is -0.120. The SMILES string of the molecule is CCC(C)NC(C(N)=O)c1cc(C)ccc1F. The number of rotatable bonds is 5. The van der Waals surface area contributed by atoms with Crippen molar-refractivity contribution in [2.24, 2.45) is 5.73 Å². The monoisotopic (exact) mass is 238 g/mol. The van der Waals surface area contributed by atoms with E-state index >= 15 is 0 Å². The summed E-state index contributed by atoms with van der Waals surface area (Å²) in [5.41, 5.74) is 6.54. The van der Waals surface area contributed by atoms with Gasteiger partial charge in [-0.15, -0.1) is 0 Å². The average molecular weight is 238 g/mol. The van der Waals surface area contributed by atoms with Crippen LogP contribution >= 0.6 is 0 Å². The largest absolute Gasteiger partial charge is 0.368 e. The zero-order chi connectivity index (χ0) is 13.0. The molecule has 2 atom stereocenters. The number of nitrogens with one attached hydrogen (secondary N) is 1. The number of benzene rings is 1. The molecule has 1 rings (SSSR count). The van der Waals surface area contributed by atoms with E-state index in [-0.39, 0.29) is 6.04 Å². The predicted octanol–water partition coefficient (Wildman–Crippen LogP) is 2.05. The quantitative estimate of drug-likeness (QED) is 0.825. The van der Waals surface area contributed by atoms with Crippen molar-refractivity contribution in [1.82, 2.24) is 5.32 Å². The van der Waals surface area contributed by atoms with Crippen molar-refractivity contribution in [3.8, 4) is 0 Å². The molecule has 0 saturated heterocycles. The molecule has 0 spiro atoms. The number of carbonyl (C=O) groups excluding carboxylic acids is 1. The highest BCUT2D eigenvalue weighted by Gasteiger charge is 2.22. The second-order valence-electron chi connectivity index (χ2n) is 4.34. The Morgan fingerprint density at radius 1 is 1.53 bits per heavy atom. The van der Waals surface area contributed by atoms with Crippen LogP contribution in [0, 0.1) is 12.7 Å². The smallest absolute Gasteiger partial charge is 0.239 e. The molecule has 1 aromatic carbocycles. The fraction of sp³-hybridized carbons (Fsp3) is 0.462. The summed E-state index contributed by atoms with van der Waals surface area (Å²) >= 11 is 0. The van der Waals surface area contributed by atoms with E-state index < -0.39 is 17.8 Å². The van der Waals surface area contributed by atoms with E-state index in [9.17, 15) is 9.18 Å². The highest BCUT2D eigenvalue weighted by molar-refractivity contribution is 5.81. The summed E-state index contributed by atoms with van der Waals surface area (Å²) in [6, 6.07) is 4.01. The van der Waals surface area contributed by atoms with Gasteiger partial charge < -0.3 is 5.73 Å². The van der Waals surface area contributed by atoms with Gasteiger partial charge in [0.15, 0.2) is 0 Å². The summed E-state index contributed by atoms with van der Waals surface area (Å²) in [5.74, 6) is -0.968. The zero-order valence-electron chi connectivity index (χ0n) is 10.5. The van der Waals surface area contributed by atoms with E-state index in [4.69, 9.17) is 5.73 Å². The molecule has 3 nitrogen and oxygen atoms in total. The van der Waals surface area contributed by atoms with Crippen molar-refractivity contribution in [3.05, 3.63) is 35.1 Å². The number of carbonyl (C=O) groups is 1. The molecule has 0 fully saturated rings. The topological polar surface area (TPSA) is 55.1 Å². The molecule has 0 bridgehead atoms. The zero-order valence-corrected chi connectivity index (χ0v) is 10.5. The van der Waals surface area contributed by atoms with E-state index in [1.807, 2.05) is 20.8 Å². The van der Waals surface area contributed by atoms with Gasteiger partial charge in [-0.25, -0.2) is 4.39 Å². The molecule has 17 heavy (non-hydrogen) atoms. The lowest BCUT2D eigenvalue weighted by atomic mass is 10.0. The molecule has 0 aliphatic heterocycles. The van der Waals surface area contributed by atoms with Crippen LogP contribution in [-0.2, 0) is 4.79 Å². The number of hydrogen-bond donors (Lipinski definition) is 2.